The minimum Gasteiger partial charge on any atom is -0.350 e. The van der Waals surface area contributed by atoms with E-state index in [0.717, 1.165) is 30.4 Å². The third-order valence-electron chi connectivity index (χ3n) is 4.47. The monoisotopic (exact) mass is 325 g/mol. The van der Waals surface area contributed by atoms with Crippen LogP contribution in [0, 0.1) is 0 Å². The highest BCUT2D eigenvalue weighted by molar-refractivity contribution is 5.75. The van der Waals surface area contributed by atoms with Gasteiger partial charge in [-0.05, 0) is 32.1 Å². The van der Waals surface area contributed by atoms with Gasteiger partial charge in [-0.25, -0.2) is 0 Å². The summed E-state index contributed by atoms with van der Waals surface area (Å²) in [4.78, 5) is 11.8. The van der Waals surface area contributed by atoms with Crippen molar-refractivity contribution in [3.05, 3.63) is 12.7 Å². The average molecular weight is 326 g/mol. The number of quaternary nitrogens is 1. The molecule has 0 rings (SSSR count). The summed E-state index contributed by atoms with van der Waals surface area (Å²) in [5, 5.41) is 3.08. The Balaban J connectivity index is 3.47. The number of carbonyl (C=O) groups excluding carboxylic acids is 1. The minimum atomic E-state index is 0.227. The predicted molar refractivity (Wildman–Crippen MR) is 102 cm³/mol. The van der Waals surface area contributed by atoms with Crippen LogP contribution in [0.4, 0.5) is 0 Å². The van der Waals surface area contributed by atoms with E-state index in [0.29, 0.717) is 6.42 Å². The fourth-order valence-electron chi connectivity index (χ4n) is 2.77. The maximum absolute atomic E-state index is 11.8. The summed E-state index contributed by atoms with van der Waals surface area (Å²) in [5.41, 5.74) is 0. The van der Waals surface area contributed by atoms with Crippen molar-refractivity contribution in [3.8, 4) is 0 Å². The van der Waals surface area contributed by atoms with Crippen molar-refractivity contribution in [2.24, 2.45) is 0 Å². The largest absolute Gasteiger partial charge is 0.350 e. The molecule has 0 aliphatic rings. The normalized spacial score (nSPS) is 11.4. The van der Waals surface area contributed by atoms with Crippen LogP contribution in [0.1, 0.15) is 77.6 Å². The number of nitrogens with zero attached hydrogens (tertiary/aromatic N) is 1. The smallest absolute Gasteiger partial charge is 0.220 e. The van der Waals surface area contributed by atoms with Gasteiger partial charge in [-0.15, -0.1) is 6.58 Å². The zero-order valence-electron chi connectivity index (χ0n) is 16.0. The van der Waals surface area contributed by atoms with E-state index in [9.17, 15) is 4.79 Å². The third-order valence-corrected chi connectivity index (χ3v) is 4.47. The molecular formula is C20H41N2O+. The quantitative estimate of drug-likeness (QED) is 0.249. The zero-order valence-corrected chi connectivity index (χ0v) is 16.0. The van der Waals surface area contributed by atoms with E-state index in [-0.39, 0.29) is 5.91 Å². The van der Waals surface area contributed by atoms with Crippen LogP contribution in [-0.4, -0.2) is 44.1 Å². The lowest BCUT2D eigenvalue weighted by atomic mass is 10.1. The maximum Gasteiger partial charge on any atom is 0.220 e. The third kappa shape index (κ3) is 15.8. The SMILES string of the molecule is C=CCCCCCCCCC(=O)NCC[N+](C)(C)CCCCC. The molecule has 0 bridgehead atoms. The van der Waals surface area contributed by atoms with Crippen LogP contribution < -0.4 is 5.32 Å². The summed E-state index contributed by atoms with van der Waals surface area (Å²) in [5.74, 6) is 0.227. The Morgan fingerprint density at radius 1 is 0.957 bits per heavy atom. The predicted octanol–water partition coefficient (Wildman–Crippen LogP) is 4.68. The van der Waals surface area contributed by atoms with Crippen LogP contribution in [0.3, 0.4) is 0 Å². The second kappa shape index (κ2) is 14.7. The highest BCUT2D eigenvalue weighted by Gasteiger charge is 2.14. The molecule has 0 aromatic carbocycles. The van der Waals surface area contributed by atoms with Crippen LogP contribution >= 0.6 is 0 Å². The van der Waals surface area contributed by atoms with Crippen molar-refractivity contribution in [3.63, 3.8) is 0 Å². The molecule has 0 aliphatic heterocycles. The van der Waals surface area contributed by atoms with Gasteiger partial charge in [-0.3, -0.25) is 4.79 Å². The summed E-state index contributed by atoms with van der Waals surface area (Å²) in [7, 11) is 4.52. The number of amides is 1. The Hall–Kier alpha value is -0.830. The van der Waals surface area contributed by atoms with E-state index >= 15 is 0 Å². The molecule has 1 amide bonds. The van der Waals surface area contributed by atoms with Gasteiger partial charge in [0.05, 0.1) is 33.7 Å². The van der Waals surface area contributed by atoms with Crippen molar-refractivity contribution < 1.29 is 9.28 Å². The number of hydrogen-bond acceptors (Lipinski definition) is 1. The Labute approximate surface area is 145 Å². The zero-order chi connectivity index (χ0) is 17.4. The molecular weight excluding hydrogens is 284 g/mol. The first-order chi connectivity index (χ1) is 11.0. The molecule has 23 heavy (non-hydrogen) atoms. The Morgan fingerprint density at radius 3 is 2.26 bits per heavy atom. The van der Waals surface area contributed by atoms with Gasteiger partial charge in [-0.2, -0.15) is 0 Å². The molecule has 0 heterocycles. The number of likely N-dealkylation sites (N-methyl/N-ethyl adjacent to an activating group) is 1. The summed E-state index contributed by atoms with van der Waals surface area (Å²) in [6, 6.07) is 0. The summed E-state index contributed by atoms with van der Waals surface area (Å²) < 4.78 is 1.00. The van der Waals surface area contributed by atoms with Crippen molar-refractivity contribution in [1.29, 1.82) is 0 Å². The van der Waals surface area contributed by atoms with Crippen molar-refractivity contribution in [1.82, 2.24) is 5.32 Å². The van der Waals surface area contributed by atoms with Crippen LogP contribution in [-0.2, 0) is 4.79 Å². The van der Waals surface area contributed by atoms with E-state index in [1.807, 2.05) is 6.08 Å². The van der Waals surface area contributed by atoms with Gasteiger partial charge in [0.15, 0.2) is 0 Å². The molecule has 3 nitrogen and oxygen atoms in total. The Kier molecular flexibility index (Phi) is 14.2. The van der Waals surface area contributed by atoms with Gasteiger partial charge in [0.2, 0.25) is 5.91 Å². The molecule has 0 saturated carbocycles. The van der Waals surface area contributed by atoms with Crippen molar-refractivity contribution in [2.45, 2.75) is 77.6 Å². The second-order valence-electron chi connectivity index (χ2n) is 7.39. The van der Waals surface area contributed by atoms with Gasteiger partial charge in [0.25, 0.3) is 0 Å². The number of unbranched alkanes of at least 4 members (excludes halogenated alkanes) is 8. The minimum absolute atomic E-state index is 0.227. The van der Waals surface area contributed by atoms with Crippen LogP contribution in [0.25, 0.3) is 0 Å². The van der Waals surface area contributed by atoms with Gasteiger partial charge in [0.1, 0.15) is 0 Å². The van der Waals surface area contributed by atoms with E-state index in [4.69, 9.17) is 0 Å². The molecule has 0 unspecified atom stereocenters. The molecule has 1 N–H and O–H groups in total. The second-order valence-corrected chi connectivity index (χ2v) is 7.39. The van der Waals surface area contributed by atoms with E-state index < -0.39 is 0 Å². The van der Waals surface area contributed by atoms with Crippen molar-refractivity contribution >= 4 is 5.91 Å². The molecule has 0 aromatic rings. The lowest BCUT2D eigenvalue weighted by Crippen LogP contribution is -2.45. The maximum atomic E-state index is 11.8. The number of hydrogen-bond donors (Lipinski definition) is 1. The standard InChI is InChI=1S/C20H40N2O/c1-5-7-9-10-11-12-13-14-16-20(23)21-17-19-22(3,4)18-15-8-6-2/h5H,1,6-19H2,2-4H3/p+1. The first-order valence-electron chi connectivity index (χ1n) is 9.71. The first kappa shape index (κ1) is 22.2. The average Bonchev–Trinajstić information content (AvgIpc) is 2.50. The van der Waals surface area contributed by atoms with Crippen LogP contribution in [0.5, 0.6) is 0 Å². The van der Waals surface area contributed by atoms with Crippen molar-refractivity contribution in [2.75, 3.05) is 33.7 Å². The van der Waals surface area contributed by atoms with Crippen LogP contribution in [0.2, 0.25) is 0 Å². The molecule has 0 radical (unpaired) electrons. The molecule has 0 aliphatic carbocycles. The summed E-state index contributed by atoms with van der Waals surface area (Å²) >= 11 is 0. The molecule has 0 atom stereocenters. The van der Waals surface area contributed by atoms with Crippen LogP contribution in [0.15, 0.2) is 12.7 Å². The molecule has 0 aromatic heterocycles. The molecule has 136 valence electrons. The highest BCUT2D eigenvalue weighted by Crippen LogP contribution is 2.08. The number of carbonyl (C=O) groups is 1. The number of allylic oxidation sites excluding steroid dienone is 1. The molecule has 0 spiro atoms. The lowest BCUT2D eigenvalue weighted by molar-refractivity contribution is -0.889. The summed E-state index contributed by atoms with van der Waals surface area (Å²) in [6.45, 7) is 9.01. The Morgan fingerprint density at radius 2 is 1.61 bits per heavy atom. The van der Waals surface area contributed by atoms with Gasteiger partial charge >= 0.3 is 0 Å². The number of rotatable bonds is 16. The topological polar surface area (TPSA) is 29.1 Å². The van der Waals surface area contributed by atoms with E-state index in [1.54, 1.807) is 0 Å². The van der Waals surface area contributed by atoms with Gasteiger partial charge in [0, 0.05) is 6.42 Å². The van der Waals surface area contributed by atoms with E-state index in [2.05, 4.69) is 32.9 Å². The fraction of sp³-hybridized carbons (Fsp3) is 0.850. The lowest BCUT2D eigenvalue weighted by Gasteiger charge is -2.29. The highest BCUT2D eigenvalue weighted by atomic mass is 16.1. The number of nitrogens with one attached hydrogen (secondary N) is 1. The Bertz CT molecular complexity index is 300. The molecule has 0 fully saturated rings. The van der Waals surface area contributed by atoms with E-state index in [1.165, 1.54) is 57.9 Å². The fourth-order valence-corrected chi connectivity index (χ4v) is 2.77. The first-order valence-corrected chi connectivity index (χ1v) is 9.71. The van der Waals surface area contributed by atoms with Gasteiger partial charge < -0.3 is 9.80 Å². The summed E-state index contributed by atoms with van der Waals surface area (Å²) in [6.07, 6.45) is 15.0. The molecule has 0 saturated heterocycles. The molecule has 3 heteroatoms. The van der Waals surface area contributed by atoms with Gasteiger partial charge in [-0.1, -0.05) is 45.1 Å².